The third kappa shape index (κ3) is 4.36. The van der Waals surface area contributed by atoms with E-state index in [0.717, 1.165) is 20.9 Å². The van der Waals surface area contributed by atoms with Crippen molar-refractivity contribution in [2.75, 3.05) is 6.54 Å². The van der Waals surface area contributed by atoms with Crippen molar-refractivity contribution in [3.8, 4) is 0 Å². The second kappa shape index (κ2) is 9.16. The maximum atomic E-state index is 13.4. The summed E-state index contributed by atoms with van der Waals surface area (Å²) in [7, 11) is 0. The first kappa shape index (κ1) is 22.7. The average molecular weight is 518 g/mol. The number of nitrogens with zero attached hydrogens (tertiary/aromatic N) is 2. The SMILES string of the molecule is C[C@@H]1CC[C@H]2C(=O)N(N(CC(=O)c3ccc(Br)cc3)C(=O)c3ccc(Cl)cc3)C(=O)[C@H]2C1. The number of fused-ring (bicyclic) bond motifs is 1. The van der Waals surface area contributed by atoms with Gasteiger partial charge in [-0.1, -0.05) is 46.6 Å². The summed E-state index contributed by atoms with van der Waals surface area (Å²) in [5.41, 5.74) is 0.620. The zero-order chi connectivity index (χ0) is 23.0. The van der Waals surface area contributed by atoms with Crippen LogP contribution in [0.3, 0.4) is 0 Å². The van der Waals surface area contributed by atoms with Gasteiger partial charge in [-0.25, -0.2) is 5.01 Å². The number of Topliss-reactive ketones (excluding diaryl/α,β-unsaturated/α-hetero) is 1. The van der Waals surface area contributed by atoms with E-state index in [4.69, 9.17) is 11.6 Å². The number of halogens is 2. The molecule has 1 aliphatic heterocycles. The quantitative estimate of drug-likeness (QED) is 0.423. The van der Waals surface area contributed by atoms with Gasteiger partial charge in [-0.05, 0) is 61.6 Å². The normalized spacial score (nSPS) is 22.6. The van der Waals surface area contributed by atoms with Crippen molar-refractivity contribution in [1.82, 2.24) is 10.0 Å². The summed E-state index contributed by atoms with van der Waals surface area (Å²) in [4.78, 5) is 52.9. The fourth-order valence-corrected chi connectivity index (χ4v) is 4.84. The Kier molecular flexibility index (Phi) is 6.49. The lowest BCUT2D eigenvalue weighted by Crippen LogP contribution is -2.52. The summed E-state index contributed by atoms with van der Waals surface area (Å²) in [5, 5.41) is 2.37. The van der Waals surface area contributed by atoms with Crippen LogP contribution in [0, 0.1) is 17.8 Å². The zero-order valence-corrected chi connectivity index (χ0v) is 19.8. The van der Waals surface area contributed by atoms with Crippen LogP contribution in [0.25, 0.3) is 0 Å². The van der Waals surface area contributed by atoms with Gasteiger partial charge >= 0.3 is 0 Å². The Balaban J connectivity index is 1.68. The molecule has 3 atom stereocenters. The second-order valence-corrected chi connectivity index (χ2v) is 9.77. The van der Waals surface area contributed by atoms with E-state index in [1.165, 1.54) is 12.1 Å². The Hall–Kier alpha value is -2.51. The van der Waals surface area contributed by atoms with E-state index in [2.05, 4.69) is 22.9 Å². The Morgan fingerprint density at radius 2 is 1.56 bits per heavy atom. The first-order chi connectivity index (χ1) is 15.3. The molecule has 2 aromatic rings. The van der Waals surface area contributed by atoms with Crippen molar-refractivity contribution in [3.63, 3.8) is 0 Å². The van der Waals surface area contributed by atoms with Gasteiger partial charge in [0, 0.05) is 20.6 Å². The highest BCUT2D eigenvalue weighted by atomic mass is 79.9. The summed E-state index contributed by atoms with van der Waals surface area (Å²) in [5.74, 6) is -2.34. The van der Waals surface area contributed by atoms with Crippen LogP contribution >= 0.6 is 27.5 Å². The van der Waals surface area contributed by atoms with Crippen molar-refractivity contribution >= 4 is 51.0 Å². The topological polar surface area (TPSA) is 74.8 Å². The van der Waals surface area contributed by atoms with Crippen LogP contribution < -0.4 is 0 Å². The van der Waals surface area contributed by atoms with Gasteiger partial charge in [0.2, 0.25) is 0 Å². The summed E-state index contributed by atoms with van der Waals surface area (Å²) in [6.07, 6.45) is 2.07. The fourth-order valence-electron chi connectivity index (χ4n) is 4.45. The maximum absolute atomic E-state index is 13.4. The number of hydrogen-bond donors (Lipinski definition) is 0. The lowest BCUT2D eigenvalue weighted by atomic mass is 9.76. The highest BCUT2D eigenvalue weighted by Gasteiger charge is 2.52. The molecule has 6 nitrogen and oxygen atoms in total. The zero-order valence-electron chi connectivity index (χ0n) is 17.5. The number of rotatable bonds is 5. The summed E-state index contributed by atoms with van der Waals surface area (Å²) >= 11 is 9.27. The molecule has 2 aromatic carbocycles. The number of benzene rings is 2. The van der Waals surface area contributed by atoms with Crippen LogP contribution in [0.15, 0.2) is 53.0 Å². The molecule has 1 heterocycles. The maximum Gasteiger partial charge on any atom is 0.273 e. The summed E-state index contributed by atoms with van der Waals surface area (Å²) in [6.45, 7) is 1.64. The van der Waals surface area contributed by atoms with Gasteiger partial charge in [-0.3, -0.25) is 19.2 Å². The second-order valence-electron chi connectivity index (χ2n) is 8.42. The van der Waals surface area contributed by atoms with E-state index < -0.39 is 36.1 Å². The predicted octanol–water partition coefficient (Wildman–Crippen LogP) is 4.76. The van der Waals surface area contributed by atoms with E-state index in [9.17, 15) is 19.2 Å². The highest BCUT2D eigenvalue weighted by Crippen LogP contribution is 2.41. The molecule has 4 rings (SSSR count). The van der Waals surface area contributed by atoms with Crippen molar-refractivity contribution in [2.45, 2.75) is 26.2 Å². The first-order valence-electron chi connectivity index (χ1n) is 10.5. The molecular formula is C24H22BrClN2O4. The monoisotopic (exact) mass is 516 g/mol. The van der Waals surface area contributed by atoms with Crippen LogP contribution in [0.2, 0.25) is 5.02 Å². The number of carbonyl (C=O) groups is 4. The number of hydrazine groups is 1. The minimum atomic E-state index is -0.597. The van der Waals surface area contributed by atoms with Gasteiger partial charge < -0.3 is 0 Å². The van der Waals surface area contributed by atoms with Gasteiger partial charge in [0.25, 0.3) is 17.7 Å². The molecule has 1 aliphatic carbocycles. The van der Waals surface area contributed by atoms with Gasteiger partial charge in [0.15, 0.2) is 5.78 Å². The molecule has 8 heteroatoms. The Morgan fingerprint density at radius 3 is 2.22 bits per heavy atom. The number of ketones is 1. The number of hydrogen-bond acceptors (Lipinski definition) is 4. The highest BCUT2D eigenvalue weighted by molar-refractivity contribution is 9.10. The summed E-state index contributed by atoms with van der Waals surface area (Å²) in [6, 6.07) is 12.8. The molecule has 1 saturated heterocycles. The molecule has 2 aliphatic rings. The molecule has 1 saturated carbocycles. The summed E-state index contributed by atoms with van der Waals surface area (Å²) < 4.78 is 0.811. The number of amides is 3. The largest absolute Gasteiger partial charge is 0.292 e. The molecule has 2 fully saturated rings. The lowest BCUT2D eigenvalue weighted by Gasteiger charge is -2.30. The van der Waals surface area contributed by atoms with E-state index >= 15 is 0 Å². The fraction of sp³-hybridized carbons (Fsp3) is 0.333. The third-order valence-corrected chi connectivity index (χ3v) is 6.97. The standard InChI is InChI=1S/C24H22BrClN2O4/c1-14-2-11-19-20(12-14)24(32)28(23(19)31)27(22(30)16-5-9-18(26)10-6-16)13-21(29)15-3-7-17(25)8-4-15/h3-10,14,19-20H,2,11-13H2,1H3/t14-,19-,20+/m1/s1. The lowest BCUT2D eigenvalue weighted by molar-refractivity contribution is -0.154. The van der Waals surface area contributed by atoms with Crippen LogP contribution in [0.4, 0.5) is 0 Å². The van der Waals surface area contributed by atoms with Gasteiger partial charge in [-0.15, -0.1) is 0 Å². The molecule has 0 N–H and O–H groups in total. The smallest absolute Gasteiger partial charge is 0.273 e. The van der Waals surface area contributed by atoms with Crippen molar-refractivity contribution in [3.05, 3.63) is 69.2 Å². The molecule has 0 spiro atoms. The Morgan fingerprint density at radius 1 is 0.969 bits per heavy atom. The first-order valence-corrected chi connectivity index (χ1v) is 11.7. The minimum absolute atomic E-state index is 0.238. The van der Waals surface area contributed by atoms with E-state index in [1.54, 1.807) is 36.4 Å². The van der Waals surface area contributed by atoms with E-state index in [0.29, 0.717) is 29.3 Å². The van der Waals surface area contributed by atoms with Crippen molar-refractivity contribution < 1.29 is 19.2 Å². The number of imide groups is 1. The third-order valence-electron chi connectivity index (χ3n) is 6.19. The van der Waals surface area contributed by atoms with Crippen LogP contribution in [0.1, 0.15) is 46.9 Å². The molecule has 0 radical (unpaired) electrons. The van der Waals surface area contributed by atoms with Gasteiger partial charge in [0.05, 0.1) is 11.8 Å². The molecule has 32 heavy (non-hydrogen) atoms. The van der Waals surface area contributed by atoms with E-state index in [1.807, 2.05) is 0 Å². The molecular weight excluding hydrogens is 496 g/mol. The molecule has 0 bridgehead atoms. The molecule has 0 aromatic heterocycles. The Bertz CT molecular complexity index is 1070. The van der Waals surface area contributed by atoms with Crippen LogP contribution in [-0.4, -0.2) is 40.1 Å². The predicted molar refractivity (Wildman–Crippen MR) is 123 cm³/mol. The Labute approximate surface area is 199 Å². The number of carbonyl (C=O) groups excluding carboxylic acids is 4. The van der Waals surface area contributed by atoms with Crippen LogP contribution in [0.5, 0.6) is 0 Å². The molecule has 166 valence electrons. The van der Waals surface area contributed by atoms with Crippen molar-refractivity contribution in [1.29, 1.82) is 0 Å². The van der Waals surface area contributed by atoms with Crippen molar-refractivity contribution in [2.24, 2.45) is 17.8 Å². The van der Waals surface area contributed by atoms with Crippen LogP contribution in [-0.2, 0) is 9.59 Å². The molecule has 3 amide bonds. The minimum Gasteiger partial charge on any atom is -0.292 e. The average Bonchev–Trinajstić information content (AvgIpc) is 3.02. The van der Waals surface area contributed by atoms with E-state index in [-0.39, 0.29) is 11.3 Å². The van der Waals surface area contributed by atoms with Gasteiger partial charge in [0.1, 0.15) is 6.54 Å². The molecule has 0 unspecified atom stereocenters. The van der Waals surface area contributed by atoms with Gasteiger partial charge in [-0.2, -0.15) is 5.01 Å².